The molecule has 1 heterocycles. The zero-order valence-corrected chi connectivity index (χ0v) is 20.0. The van der Waals surface area contributed by atoms with Crippen LogP contribution in [0.2, 0.25) is 0 Å². The third kappa shape index (κ3) is 8.01. The molecule has 0 saturated carbocycles. The Morgan fingerprint density at radius 2 is 1.58 bits per heavy atom. The maximum Gasteiger partial charge on any atom is 0.243 e. The van der Waals surface area contributed by atoms with Gasteiger partial charge in [0.1, 0.15) is 12.1 Å². The number of likely N-dealkylation sites (N-methyl/N-ethyl adjacent to an activating group) is 1. The fourth-order valence-electron chi connectivity index (χ4n) is 3.09. The van der Waals surface area contributed by atoms with Gasteiger partial charge in [-0.3, -0.25) is 19.0 Å². The molecule has 0 radical (unpaired) electrons. The van der Waals surface area contributed by atoms with Gasteiger partial charge in [-0.15, -0.1) is 0 Å². The van der Waals surface area contributed by atoms with Crippen molar-refractivity contribution in [1.82, 2.24) is 20.5 Å². The van der Waals surface area contributed by atoms with E-state index in [0.717, 1.165) is 0 Å². The fraction of sp³-hybridized carbons (Fsp3) is 0.667. The molecule has 176 valence electrons. The largest absolute Gasteiger partial charge is 0.494 e. The lowest BCUT2D eigenvalue weighted by Gasteiger charge is -2.32. The lowest BCUT2D eigenvalue weighted by molar-refractivity contribution is -0.134. The predicted octanol–water partition coefficient (Wildman–Crippen LogP) is 1.40. The molecule has 5 N–H and O–H groups in total. The number of hydrogen-bond acceptors (Lipinski definition) is 6. The Balaban J connectivity index is 2.84. The van der Waals surface area contributed by atoms with Gasteiger partial charge < -0.3 is 26.2 Å². The second kappa shape index (κ2) is 11.3. The molecular formula is C21H36N4O5S. The first kappa shape index (κ1) is 26.7. The van der Waals surface area contributed by atoms with Gasteiger partial charge in [0.15, 0.2) is 11.8 Å². The normalized spacial score (nSPS) is 14.6. The van der Waals surface area contributed by atoms with Gasteiger partial charge in [0.05, 0.1) is 5.25 Å². The molecule has 0 saturated heterocycles. The van der Waals surface area contributed by atoms with Gasteiger partial charge >= 0.3 is 0 Å². The zero-order chi connectivity index (χ0) is 23.9. The molecule has 0 bridgehead atoms. The first-order valence-corrected chi connectivity index (χ1v) is 10.9. The standard InChI is InChI=1S/C21H36N4O5S/c1-12(2)11-13(18(28)24-17(20(30)22-6)21(3,4)5)23-19(29)14(31)9-10-25-15(26)7-8-16(25)27/h7-8,12-14,17,26-27,31H,9-11H2,1-6H3,(H,22,30)(H,23,29)(H,24,28)/t13-,14-,17+/m0/s1. The summed E-state index contributed by atoms with van der Waals surface area (Å²) < 4.78 is 1.26. The van der Waals surface area contributed by atoms with Crippen LogP contribution in [0.25, 0.3) is 0 Å². The van der Waals surface area contributed by atoms with Gasteiger partial charge in [-0.2, -0.15) is 12.6 Å². The van der Waals surface area contributed by atoms with Crippen molar-refractivity contribution in [2.45, 2.75) is 71.3 Å². The number of rotatable bonds is 10. The number of aromatic hydroxyl groups is 2. The van der Waals surface area contributed by atoms with E-state index in [4.69, 9.17) is 0 Å². The maximum atomic E-state index is 12.9. The molecule has 3 atom stereocenters. The van der Waals surface area contributed by atoms with Crippen molar-refractivity contribution >= 4 is 30.4 Å². The second-order valence-corrected chi connectivity index (χ2v) is 9.74. The minimum absolute atomic E-state index is 0.113. The Kier molecular flexibility index (Phi) is 9.73. The lowest BCUT2D eigenvalue weighted by atomic mass is 9.85. The Labute approximate surface area is 189 Å². The minimum atomic E-state index is -0.829. The number of amides is 3. The summed E-state index contributed by atoms with van der Waals surface area (Å²) in [6.45, 7) is 9.58. The van der Waals surface area contributed by atoms with Gasteiger partial charge in [-0.1, -0.05) is 34.6 Å². The monoisotopic (exact) mass is 456 g/mol. The van der Waals surface area contributed by atoms with Crippen LogP contribution in [-0.4, -0.2) is 56.9 Å². The van der Waals surface area contributed by atoms with E-state index in [9.17, 15) is 24.6 Å². The highest BCUT2D eigenvalue weighted by Crippen LogP contribution is 2.22. The summed E-state index contributed by atoms with van der Waals surface area (Å²) in [4.78, 5) is 37.9. The molecule has 9 nitrogen and oxygen atoms in total. The third-order valence-corrected chi connectivity index (χ3v) is 5.36. The molecule has 3 amide bonds. The van der Waals surface area contributed by atoms with Crippen LogP contribution in [0.3, 0.4) is 0 Å². The third-order valence-electron chi connectivity index (χ3n) is 4.86. The molecule has 0 aliphatic heterocycles. The number of carbonyl (C=O) groups excluding carboxylic acids is 3. The van der Waals surface area contributed by atoms with E-state index in [-0.39, 0.29) is 36.6 Å². The van der Waals surface area contributed by atoms with E-state index in [1.165, 1.54) is 23.7 Å². The predicted molar refractivity (Wildman–Crippen MR) is 122 cm³/mol. The van der Waals surface area contributed by atoms with Crippen LogP contribution in [0.15, 0.2) is 12.1 Å². The van der Waals surface area contributed by atoms with Crippen LogP contribution in [0.5, 0.6) is 11.8 Å². The summed E-state index contributed by atoms with van der Waals surface area (Å²) in [6, 6.07) is 1.11. The molecule has 0 fully saturated rings. The highest BCUT2D eigenvalue weighted by Gasteiger charge is 2.34. The van der Waals surface area contributed by atoms with Crippen molar-refractivity contribution in [3.8, 4) is 11.8 Å². The molecular weight excluding hydrogens is 420 g/mol. The summed E-state index contributed by atoms with van der Waals surface area (Å²) in [6.07, 6.45) is 0.617. The number of thiol groups is 1. The van der Waals surface area contributed by atoms with Crippen molar-refractivity contribution in [2.24, 2.45) is 11.3 Å². The molecule has 0 unspecified atom stereocenters. The number of aromatic nitrogens is 1. The van der Waals surface area contributed by atoms with Gasteiger partial charge in [-0.25, -0.2) is 0 Å². The first-order valence-electron chi connectivity index (χ1n) is 10.4. The SMILES string of the molecule is CNC(=O)[C@@H](NC(=O)[C@H](CC(C)C)NC(=O)[C@@H](S)CCn1c(O)ccc1O)C(C)(C)C. The molecule has 0 aromatic carbocycles. The molecule has 10 heteroatoms. The van der Waals surface area contributed by atoms with Crippen LogP contribution < -0.4 is 16.0 Å². The summed E-state index contributed by atoms with van der Waals surface area (Å²) in [5.74, 6) is -1.30. The van der Waals surface area contributed by atoms with Crippen LogP contribution in [0.4, 0.5) is 0 Å². The number of carbonyl (C=O) groups is 3. The second-order valence-electron chi connectivity index (χ2n) is 9.12. The minimum Gasteiger partial charge on any atom is -0.494 e. The van der Waals surface area contributed by atoms with Crippen LogP contribution in [0.1, 0.15) is 47.5 Å². The maximum absolute atomic E-state index is 12.9. The van der Waals surface area contributed by atoms with Crippen molar-refractivity contribution in [3.05, 3.63) is 12.1 Å². The smallest absolute Gasteiger partial charge is 0.243 e. The van der Waals surface area contributed by atoms with Crippen molar-refractivity contribution in [3.63, 3.8) is 0 Å². The molecule has 0 aliphatic carbocycles. The van der Waals surface area contributed by atoms with Crippen molar-refractivity contribution in [1.29, 1.82) is 0 Å². The van der Waals surface area contributed by atoms with E-state index in [2.05, 4.69) is 28.6 Å². The molecule has 1 aromatic rings. The Morgan fingerprint density at radius 3 is 2.03 bits per heavy atom. The molecule has 0 spiro atoms. The number of hydrogen-bond donors (Lipinski definition) is 6. The molecule has 1 aromatic heterocycles. The Bertz CT molecular complexity index is 753. The summed E-state index contributed by atoms with van der Waals surface area (Å²) >= 11 is 4.32. The first-order chi connectivity index (χ1) is 14.3. The summed E-state index contributed by atoms with van der Waals surface area (Å²) in [5.41, 5.74) is -0.519. The molecule has 1 rings (SSSR count). The van der Waals surface area contributed by atoms with E-state index in [0.29, 0.717) is 6.42 Å². The average Bonchev–Trinajstić information content (AvgIpc) is 2.99. The topological polar surface area (TPSA) is 133 Å². The van der Waals surface area contributed by atoms with Crippen molar-refractivity contribution in [2.75, 3.05) is 7.05 Å². The summed E-state index contributed by atoms with van der Waals surface area (Å²) in [7, 11) is 1.51. The quantitative estimate of drug-likeness (QED) is 0.296. The van der Waals surface area contributed by atoms with Gasteiger partial charge in [-0.05, 0) is 24.2 Å². The number of nitrogens with one attached hydrogen (secondary N) is 3. The Hall–Kier alpha value is -2.36. The van der Waals surface area contributed by atoms with E-state index < -0.39 is 34.6 Å². The highest BCUT2D eigenvalue weighted by molar-refractivity contribution is 7.81. The van der Waals surface area contributed by atoms with Crippen LogP contribution >= 0.6 is 12.6 Å². The van der Waals surface area contributed by atoms with Crippen LogP contribution in [0, 0.1) is 11.3 Å². The van der Waals surface area contributed by atoms with E-state index >= 15 is 0 Å². The van der Waals surface area contributed by atoms with Crippen molar-refractivity contribution < 1.29 is 24.6 Å². The number of nitrogens with zero attached hydrogens (tertiary/aromatic N) is 1. The molecule has 0 aliphatic rings. The van der Waals surface area contributed by atoms with Gasteiger partial charge in [0.25, 0.3) is 0 Å². The zero-order valence-electron chi connectivity index (χ0n) is 19.1. The Morgan fingerprint density at radius 1 is 1.03 bits per heavy atom. The van der Waals surface area contributed by atoms with E-state index in [1.54, 1.807) is 0 Å². The van der Waals surface area contributed by atoms with Crippen LogP contribution in [-0.2, 0) is 20.9 Å². The molecule has 31 heavy (non-hydrogen) atoms. The fourth-order valence-corrected chi connectivity index (χ4v) is 3.28. The van der Waals surface area contributed by atoms with E-state index in [1.807, 2.05) is 34.6 Å². The van der Waals surface area contributed by atoms with Gasteiger partial charge in [0.2, 0.25) is 17.7 Å². The summed E-state index contributed by atoms with van der Waals surface area (Å²) in [5, 5.41) is 26.7. The average molecular weight is 457 g/mol. The lowest BCUT2D eigenvalue weighted by Crippen LogP contribution is -2.58. The van der Waals surface area contributed by atoms with Gasteiger partial charge in [0, 0.05) is 25.7 Å². The highest BCUT2D eigenvalue weighted by atomic mass is 32.1.